The number of anilines is 1. The van der Waals surface area contributed by atoms with E-state index in [4.69, 9.17) is 10.8 Å². The molecule has 1 aromatic carbocycles. The van der Waals surface area contributed by atoms with Crippen LogP contribution in [0.1, 0.15) is 20.7 Å². The zero-order valence-electron chi connectivity index (χ0n) is 8.47. The number of benzene rings is 1. The molecule has 92 valence electrons. The lowest BCUT2D eigenvalue weighted by Crippen LogP contribution is -2.21. The summed E-state index contributed by atoms with van der Waals surface area (Å²) in [5, 5.41) is 11.5. The molecular formula is C9H7Br3N2O3. The summed E-state index contributed by atoms with van der Waals surface area (Å²) in [5.41, 5.74) is 5.93. The number of carbonyl (C=O) groups excluding carboxylic acids is 1. The van der Waals surface area contributed by atoms with Crippen LogP contribution in [0.5, 0.6) is 0 Å². The van der Waals surface area contributed by atoms with Gasteiger partial charge in [-0.3, -0.25) is 4.79 Å². The maximum atomic E-state index is 11.7. The smallest absolute Gasteiger partial charge is 0.338 e. The van der Waals surface area contributed by atoms with Crippen molar-refractivity contribution in [3.63, 3.8) is 0 Å². The number of nitrogens with one attached hydrogen (secondary N) is 1. The van der Waals surface area contributed by atoms with E-state index in [2.05, 4.69) is 53.1 Å². The molecule has 0 heterocycles. The molecule has 1 rings (SSSR count). The Morgan fingerprint density at radius 3 is 2.00 bits per heavy atom. The van der Waals surface area contributed by atoms with Crippen molar-refractivity contribution >= 4 is 65.4 Å². The number of carboxylic acid groups (broad SMARTS) is 1. The molecule has 0 fully saturated rings. The highest BCUT2D eigenvalue weighted by Gasteiger charge is 2.25. The maximum absolute atomic E-state index is 11.7. The van der Waals surface area contributed by atoms with Crippen molar-refractivity contribution in [3.8, 4) is 0 Å². The molecule has 4 N–H and O–H groups in total. The first-order valence-electron chi connectivity index (χ1n) is 4.24. The van der Waals surface area contributed by atoms with Crippen LogP contribution < -0.4 is 11.1 Å². The van der Waals surface area contributed by atoms with Crippen molar-refractivity contribution < 1.29 is 14.7 Å². The molecule has 0 aliphatic rings. The molecule has 0 unspecified atom stereocenters. The van der Waals surface area contributed by atoms with E-state index in [1.165, 1.54) is 7.05 Å². The Labute approximate surface area is 122 Å². The minimum absolute atomic E-state index is 0.0932. The fraction of sp³-hybridized carbons (Fsp3) is 0.111. The number of halogens is 3. The number of rotatable bonds is 2. The third-order valence-electron chi connectivity index (χ3n) is 2.02. The highest BCUT2D eigenvalue weighted by Crippen LogP contribution is 2.40. The SMILES string of the molecule is CNC(=O)c1c(Br)c(N)c(Br)c(C(=O)O)c1Br. The summed E-state index contributed by atoms with van der Waals surface area (Å²) in [6, 6.07) is 0. The van der Waals surface area contributed by atoms with Gasteiger partial charge in [-0.1, -0.05) is 0 Å². The van der Waals surface area contributed by atoms with Gasteiger partial charge in [-0.05, 0) is 47.8 Å². The van der Waals surface area contributed by atoms with Gasteiger partial charge in [0.05, 0.1) is 25.8 Å². The second kappa shape index (κ2) is 5.36. The molecule has 1 aromatic rings. The Balaban J connectivity index is 3.74. The third-order valence-corrected chi connectivity index (χ3v) is 4.46. The number of nitrogens with two attached hydrogens (primary N) is 1. The Hall–Kier alpha value is -0.600. The normalized spacial score (nSPS) is 10.1. The number of carboxylic acids is 1. The number of hydrogen-bond acceptors (Lipinski definition) is 3. The molecule has 8 heteroatoms. The summed E-state index contributed by atoms with van der Waals surface area (Å²) >= 11 is 9.36. The van der Waals surface area contributed by atoms with Crippen LogP contribution in [0.2, 0.25) is 0 Å². The zero-order chi connectivity index (χ0) is 13.3. The van der Waals surface area contributed by atoms with Crippen LogP contribution in [0.4, 0.5) is 5.69 Å². The summed E-state index contributed by atoms with van der Waals surface area (Å²) in [6.07, 6.45) is 0. The van der Waals surface area contributed by atoms with E-state index in [0.717, 1.165) is 0 Å². The van der Waals surface area contributed by atoms with Gasteiger partial charge in [-0.25, -0.2) is 4.79 Å². The van der Waals surface area contributed by atoms with Crippen LogP contribution in [-0.2, 0) is 0 Å². The molecule has 0 saturated carbocycles. The van der Waals surface area contributed by atoms with Crippen molar-refractivity contribution in [1.29, 1.82) is 0 Å². The highest BCUT2D eigenvalue weighted by molar-refractivity contribution is 9.11. The lowest BCUT2D eigenvalue weighted by atomic mass is 10.1. The molecule has 17 heavy (non-hydrogen) atoms. The van der Waals surface area contributed by atoms with Gasteiger partial charge in [-0.15, -0.1) is 0 Å². The fourth-order valence-corrected chi connectivity index (χ4v) is 3.88. The average molecular weight is 431 g/mol. The van der Waals surface area contributed by atoms with E-state index < -0.39 is 11.9 Å². The number of carbonyl (C=O) groups is 2. The van der Waals surface area contributed by atoms with Crippen molar-refractivity contribution in [3.05, 3.63) is 24.5 Å². The Morgan fingerprint density at radius 2 is 1.59 bits per heavy atom. The number of aromatic carboxylic acids is 1. The van der Waals surface area contributed by atoms with Crippen LogP contribution in [-0.4, -0.2) is 24.0 Å². The molecule has 1 amide bonds. The van der Waals surface area contributed by atoms with Gasteiger partial charge in [0.2, 0.25) is 0 Å². The second-order valence-electron chi connectivity index (χ2n) is 2.99. The molecule has 5 nitrogen and oxygen atoms in total. The van der Waals surface area contributed by atoms with E-state index in [1.807, 2.05) is 0 Å². The molecule has 0 bridgehead atoms. The number of amides is 1. The van der Waals surface area contributed by atoms with Crippen molar-refractivity contribution in [2.75, 3.05) is 12.8 Å². The lowest BCUT2D eigenvalue weighted by Gasteiger charge is -2.13. The molecule has 0 aliphatic heterocycles. The van der Waals surface area contributed by atoms with Crippen LogP contribution >= 0.6 is 47.8 Å². The minimum Gasteiger partial charge on any atom is -0.478 e. The topological polar surface area (TPSA) is 92.4 Å². The van der Waals surface area contributed by atoms with E-state index in [-0.39, 0.29) is 25.8 Å². The van der Waals surface area contributed by atoms with Gasteiger partial charge in [0, 0.05) is 11.5 Å². The summed E-state index contributed by atoms with van der Waals surface area (Å²) in [7, 11) is 1.44. The highest BCUT2D eigenvalue weighted by atomic mass is 79.9. The van der Waals surface area contributed by atoms with E-state index in [9.17, 15) is 9.59 Å². The Kier molecular flexibility index (Phi) is 4.56. The Bertz CT molecular complexity index is 517. The minimum atomic E-state index is -1.19. The van der Waals surface area contributed by atoms with Crippen LogP contribution in [0.3, 0.4) is 0 Å². The predicted octanol–water partition coefficient (Wildman–Crippen LogP) is 2.61. The van der Waals surface area contributed by atoms with Crippen molar-refractivity contribution in [2.45, 2.75) is 0 Å². The molecule has 0 aromatic heterocycles. The fourth-order valence-electron chi connectivity index (χ4n) is 1.20. The largest absolute Gasteiger partial charge is 0.478 e. The maximum Gasteiger partial charge on any atom is 0.338 e. The van der Waals surface area contributed by atoms with Crippen molar-refractivity contribution in [2.24, 2.45) is 0 Å². The molecular weight excluding hydrogens is 424 g/mol. The standard InChI is InChI=1S/C9H7Br3N2O3/c1-14-8(15)2-4(10)3(9(16)17)6(12)7(13)5(2)11/h13H2,1H3,(H,14,15)(H,16,17). The molecule has 0 spiro atoms. The van der Waals surface area contributed by atoms with Gasteiger partial charge >= 0.3 is 5.97 Å². The number of hydrogen-bond donors (Lipinski definition) is 3. The number of nitrogen functional groups attached to an aromatic ring is 1. The van der Waals surface area contributed by atoms with Gasteiger partial charge in [-0.2, -0.15) is 0 Å². The molecule has 0 atom stereocenters. The van der Waals surface area contributed by atoms with Crippen LogP contribution in [0.25, 0.3) is 0 Å². The monoisotopic (exact) mass is 428 g/mol. The van der Waals surface area contributed by atoms with Gasteiger partial charge in [0.15, 0.2) is 0 Å². The van der Waals surface area contributed by atoms with Crippen molar-refractivity contribution in [1.82, 2.24) is 5.32 Å². The zero-order valence-corrected chi connectivity index (χ0v) is 13.2. The van der Waals surface area contributed by atoms with Gasteiger partial charge in [0.25, 0.3) is 5.91 Å². The first-order valence-corrected chi connectivity index (χ1v) is 6.62. The van der Waals surface area contributed by atoms with E-state index >= 15 is 0 Å². The van der Waals surface area contributed by atoms with E-state index in [1.54, 1.807) is 0 Å². The second-order valence-corrected chi connectivity index (χ2v) is 5.37. The first-order chi connectivity index (χ1) is 7.82. The molecule has 0 radical (unpaired) electrons. The summed E-state index contributed by atoms with van der Waals surface area (Å²) < 4.78 is 0.717. The quantitative estimate of drug-likeness (QED) is 0.629. The summed E-state index contributed by atoms with van der Waals surface area (Å²) in [5.74, 6) is -1.63. The molecule has 0 aliphatic carbocycles. The lowest BCUT2D eigenvalue weighted by molar-refractivity contribution is 0.0695. The predicted molar refractivity (Wildman–Crippen MR) is 74.3 cm³/mol. The Morgan fingerprint density at radius 1 is 1.12 bits per heavy atom. The van der Waals surface area contributed by atoms with Crippen LogP contribution in [0, 0.1) is 0 Å². The van der Waals surface area contributed by atoms with Gasteiger partial charge in [0.1, 0.15) is 0 Å². The van der Waals surface area contributed by atoms with Gasteiger partial charge < -0.3 is 16.2 Å². The summed E-state index contributed by atoms with van der Waals surface area (Å²) in [4.78, 5) is 22.8. The van der Waals surface area contributed by atoms with Crippen LogP contribution in [0.15, 0.2) is 13.4 Å². The average Bonchev–Trinajstić information content (AvgIpc) is 2.25. The third kappa shape index (κ3) is 2.48. The molecule has 0 saturated heterocycles. The summed E-state index contributed by atoms with van der Waals surface area (Å²) in [6.45, 7) is 0. The first kappa shape index (κ1) is 14.5. The van der Waals surface area contributed by atoms with E-state index in [0.29, 0.717) is 4.47 Å².